The van der Waals surface area contributed by atoms with Crippen molar-refractivity contribution in [3.63, 3.8) is 0 Å². The zero-order valence-corrected chi connectivity index (χ0v) is 9.97. The fraction of sp³-hybridized carbons (Fsp3) is 0.917. The summed E-state index contributed by atoms with van der Waals surface area (Å²) in [7, 11) is 2.43. The topological polar surface area (TPSA) is 0 Å². The Kier molecular flexibility index (Phi) is 5.62. The van der Waals surface area contributed by atoms with Gasteiger partial charge in [-0.2, -0.15) is 0 Å². The van der Waals surface area contributed by atoms with Crippen molar-refractivity contribution in [2.24, 2.45) is 0 Å². The summed E-state index contributed by atoms with van der Waals surface area (Å²) < 4.78 is 1.31. The summed E-state index contributed by atoms with van der Waals surface area (Å²) in [5.74, 6) is 0. The van der Waals surface area contributed by atoms with Gasteiger partial charge >= 0.3 is 0 Å². The molecular weight excluding hydrogens is 158 g/mol. The largest absolute Gasteiger partial charge is 0.358 e. The second kappa shape index (κ2) is 5.64. The van der Waals surface area contributed by atoms with Gasteiger partial charge in [-0.25, -0.2) is 0 Å². The number of hydrogen-bond donors (Lipinski definition) is 0. The molecule has 0 aromatic heterocycles. The summed E-state index contributed by atoms with van der Waals surface area (Å²) in [6, 6.07) is 0.966. The zero-order valence-electron chi connectivity index (χ0n) is 9.97. The Morgan fingerprint density at radius 2 is 1.46 bits per heavy atom. The van der Waals surface area contributed by atoms with E-state index in [2.05, 4.69) is 20.9 Å². The quantitative estimate of drug-likeness (QED) is 0.468. The molecule has 1 heteroatoms. The molecule has 1 aliphatic carbocycles. The number of nitrogens with zero attached hydrogens (tertiary/aromatic N) is 1. The van der Waals surface area contributed by atoms with Crippen molar-refractivity contribution >= 4 is 0 Å². The lowest BCUT2D eigenvalue weighted by Crippen LogP contribution is -2.52. The second-order valence-electron chi connectivity index (χ2n) is 4.40. The first-order valence-electron chi connectivity index (χ1n) is 5.57. The third-order valence-corrected chi connectivity index (χ3v) is 3.90. The van der Waals surface area contributed by atoms with E-state index in [9.17, 15) is 0 Å². The van der Waals surface area contributed by atoms with Crippen molar-refractivity contribution in [1.29, 1.82) is 0 Å². The Morgan fingerprint density at radius 3 is 1.85 bits per heavy atom. The minimum atomic E-state index is 0. The van der Waals surface area contributed by atoms with Gasteiger partial charge in [0.15, 0.2) is 0 Å². The van der Waals surface area contributed by atoms with Gasteiger partial charge in [0.05, 0.1) is 26.2 Å². The van der Waals surface area contributed by atoms with Crippen LogP contribution in [0.5, 0.6) is 0 Å². The Bertz CT molecular complexity index is 121. The van der Waals surface area contributed by atoms with Crippen molar-refractivity contribution < 1.29 is 4.48 Å². The van der Waals surface area contributed by atoms with E-state index in [-0.39, 0.29) is 7.43 Å². The van der Waals surface area contributed by atoms with Crippen LogP contribution in [-0.2, 0) is 0 Å². The van der Waals surface area contributed by atoms with E-state index in [4.69, 9.17) is 0 Å². The van der Waals surface area contributed by atoms with Crippen LogP contribution >= 0.6 is 0 Å². The number of hydrogen-bond acceptors (Lipinski definition) is 0. The van der Waals surface area contributed by atoms with Crippen LogP contribution in [0.4, 0.5) is 0 Å². The summed E-state index contributed by atoms with van der Waals surface area (Å²) in [6.45, 7) is 7.28. The Labute approximate surface area is 84.7 Å². The van der Waals surface area contributed by atoms with Crippen LogP contribution in [0.3, 0.4) is 0 Å². The standard InChI is InChI=1S/C11H24N.CH3/c1-4-12(3,5-2)11-9-7-6-8-10-11;/h11H,4-10H2,1-3H3;1H3/q+1;-1. The van der Waals surface area contributed by atoms with Crippen LogP contribution in [-0.4, -0.2) is 30.7 Å². The average Bonchev–Trinajstić information content (AvgIpc) is 2.18. The maximum Gasteiger partial charge on any atom is 0.0888 e. The number of rotatable bonds is 3. The Hall–Kier alpha value is -0.0400. The Balaban J connectivity index is 0.00000144. The fourth-order valence-corrected chi connectivity index (χ4v) is 2.44. The molecule has 1 nitrogen and oxygen atoms in total. The minimum absolute atomic E-state index is 0. The summed E-state index contributed by atoms with van der Waals surface area (Å²) in [5, 5.41) is 0. The molecule has 13 heavy (non-hydrogen) atoms. The van der Waals surface area contributed by atoms with E-state index < -0.39 is 0 Å². The fourth-order valence-electron chi connectivity index (χ4n) is 2.44. The van der Waals surface area contributed by atoms with Crippen molar-refractivity contribution in [2.75, 3.05) is 20.1 Å². The predicted molar refractivity (Wildman–Crippen MR) is 60.6 cm³/mol. The third kappa shape index (κ3) is 2.98. The molecule has 0 bridgehead atoms. The Morgan fingerprint density at radius 1 is 1.00 bits per heavy atom. The van der Waals surface area contributed by atoms with Gasteiger partial charge < -0.3 is 11.9 Å². The molecule has 0 unspecified atom stereocenters. The van der Waals surface area contributed by atoms with E-state index in [1.807, 2.05) is 0 Å². The molecule has 0 aromatic carbocycles. The molecule has 1 saturated carbocycles. The van der Waals surface area contributed by atoms with Gasteiger partial charge in [0.2, 0.25) is 0 Å². The molecule has 1 aliphatic rings. The third-order valence-electron chi connectivity index (χ3n) is 3.90. The van der Waals surface area contributed by atoms with Crippen LogP contribution in [0.2, 0.25) is 0 Å². The highest BCUT2D eigenvalue weighted by molar-refractivity contribution is 4.66. The van der Waals surface area contributed by atoms with E-state index in [0.717, 1.165) is 6.04 Å². The molecule has 0 atom stereocenters. The van der Waals surface area contributed by atoms with E-state index in [1.54, 1.807) is 0 Å². The first-order chi connectivity index (χ1) is 5.73. The van der Waals surface area contributed by atoms with Crippen molar-refractivity contribution in [2.45, 2.75) is 52.0 Å². The van der Waals surface area contributed by atoms with E-state index in [0.29, 0.717) is 0 Å². The highest BCUT2D eigenvalue weighted by Crippen LogP contribution is 2.26. The lowest BCUT2D eigenvalue weighted by Gasteiger charge is -2.42. The highest BCUT2D eigenvalue weighted by atomic mass is 15.3. The highest BCUT2D eigenvalue weighted by Gasteiger charge is 2.30. The number of quaternary nitrogens is 1. The lowest BCUT2D eigenvalue weighted by molar-refractivity contribution is -0.931. The lowest BCUT2D eigenvalue weighted by atomic mass is 9.92. The van der Waals surface area contributed by atoms with Gasteiger partial charge in [0.25, 0.3) is 0 Å². The van der Waals surface area contributed by atoms with E-state index >= 15 is 0 Å². The summed E-state index contributed by atoms with van der Waals surface area (Å²) in [5.41, 5.74) is 0. The molecule has 80 valence electrons. The first-order valence-corrected chi connectivity index (χ1v) is 5.57. The van der Waals surface area contributed by atoms with Crippen molar-refractivity contribution in [3.8, 4) is 0 Å². The maximum absolute atomic E-state index is 2.43. The van der Waals surface area contributed by atoms with Gasteiger partial charge in [0, 0.05) is 0 Å². The monoisotopic (exact) mass is 185 g/mol. The van der Waals surface area contributed by atoms with Crippen molar-refractivity contribution in [3.05, 3.63) is 7.43 Å². The van der Waals surface area contributed by atoms with Gasteiger partial charge in [-0.15, -0.1) is 0 Å². The normalized spacial score (nSPS) is 19.6. The van der Waals surface area contributed by atoms with Crippen LogP contribution in [0.25, 0.3) is 0 Å². The molecule has 0 aliphatic heterocycles. The van der Waals surface area contributed by atoms with Gasteiger partial charge in [-0.1, -0.05) is 6.42 Å². The van der Waals surface area contributed by atoms with Gasteiger partial charge in [0.1, 0.15) is 0 Å². The smallest absolute Gasteiger partial charge is 0.0888 e. The van der Waals surface area contributed by atoms with Crippen LogP contribution in [0.1, 0.15) is 46.0 Å². The first kappa shape index (κ1) is 13.0. The molecule has 1 rings (SSSR count). The molecule has 0 radical (unpaired) electrons. The molecule has 1 fully saturated rings. The van der Waals surface area contributed by atoms with Gasteiger partial charge in [-0.05, 0) is 39.5 Å². The summed E-state index contributed by atoms with van der Waals surface area (Å²) in [4.78, 5) is 0. The molecule has 0 aromatic rings. The maximum atomic E-state index is 2.43. The molecular formula is C12H27N. The van der Waals surface area contributed by atoms with Crippen LogP contribution in [0, 0.1) is 7.43 Å². The molecule has 0 saturated heterocycles. The molecule has 0 amide bonds. The predicted octanol–water partition coefficient (Wildman–Crippen LogP) is 3.26. The zero-order chi connectivity index (χ0) is 9.03. The second-order valence-corrected chi connectivity index (χ2v) is 4.40. The van der Waals surface area contributed by atoms with Gasteiger partial charge in [-0.3, -0.25) is 0 Å². The minimum Gasteiger partial charge on any atom is -0.358 e. The summed E-state index contributed by atoms with van der Waals surface area (Å²) in [6.07, 6.45) is 7.36. The molecule has 0 heterocycles. The van der Waals surface area contributed by atoms with Crippen LogP contribution < -0.4 is 0 Å². The average molecular weight is 185 g/mol. The van der Waals surface area contributed by atoms with Crippen LogP contribution in [0.15, 0.2) is 0 Å². The molecule has 0 N–H and O–H groups in total. The molecule has 0 spiro atoms. The van der Waals surface area contributed by atoms with Crippen molar-refractivity contribution in [1.82, 2.24) is 0 Å². The SMILES string of the molecule is CC[N+](C)(CC)C1CCCCC1.[CH3-]. The van der Waals surface area contributed by atoms with E-state index in [1.165, 1.54) is 49.7 Å². The summed E-state index contributed by atoms with van der Waals surface area (Å²) >= 11 is 0.